The van der Waals surface area contributed by atoms with Gasteiger partial charge in [0, 0.05) is 5.69 Å². The number of benzene rings is 2. The second kappa shape index (κ2) is 10.2. The van der Waals surface area contributed by atoms with E-state index in [4.69, 9.17) is 14.7 Å². The van der Waals surface area contributed by atoms with Crippen molar-refractivity contribution in [3.05, 3.63) is 48.0 Å². The van der Waals surface area contributed by atoms with Crippen molar-refractivity contribution in [2.75, 3.05) is 25.1 Å². The Morgan fingerprint density at radius 2 is 1.72 bits per heavy atom. The van der Waals surface area contributed by atoms with Crippen LogP contribution in [0, 0.1) is 11.3 Å². The summed E-state index contributed by atoms with van der Waals surface area (Å²) in [4.78, 5) is 12.0. The van der Waals surface area contributed by atoms with Crippen LogP contribution >= 0.6 is 0 Å². The standard InChI is InChI=1S/C20H19F3N2O4/c1-2-9-27-16-4-6-17(7-5-16)28-12-19(26)25-15-3-8-18(14(10-15)11-24)29-13-20(21,22)23/h3-8,10H,2,9,12-13H2,1H3,(H,25,26). The Morgan fingerprint density at radius 1 is 1.07 bits per heavy atom. The van der Waals surface area contributed by atoms with Gasteiger partial charge in [0.15, 0.2) is 13.2 Å². The highest BCUT2D eigenvalue weighted by atomic mass is 19.4. The lowest BCUT2D eigenvalue weighted by molar-refractivity contribution is -0.153. The van der Waals surface area contributed by atoms with Gasteiger partial charge in [0.05, 0.1) is 12.2 Å². The molecule has 0 spiro atoms. The maximum Gasteiger partial charge on any atom is 0.422 e. The number of nitrogens with zero attached hydrogens (tertiary/aromatic N) is 1. The minimum atomic E-state index is -4.52. The molecule has 0 heterocycles. The number of hydrogen-bond donors (Lipinski definition) is 1. The van der Waals surface area contributed by atoms with Crippen molar-refractivity contribution in [3.63, 3.8) is 0 Å². The SMILES string of the molecule is CCCOc1ccc(OCC(=O)Nc2ccc(OCC(F)(F)F)c(C#N)c2)cc1. The van der Waals surface area contributed by atoms with Gasteiger partial charge in [-0.2, -0.15) is 18.4 Å². The lowest BCUT2D eigenvalue weighted by atomic mass is 10.2. The molecular formula is C20H19F3N2O4. The second-order valence-electron chi connectivity index (χ2n) is 5.88. The summed E-state index contributed by atoms with van der Waals surface area (Å²) in [6.45, 7) is 0.805. The van der Waals surface area contributed by atoms with Crippen molar-refractivity contribution >= 4 is 11.6 Å². The number of amides is 1. The van der Waals surface area contributed by atoms with Gasteiger partial charge in [-0.25, -0.2) is 0 Å². The average molecular weight is 408 g/mol. The van der Waals surface area contributed by atoms with Gasteiger partial charge in [-0.05, 0) is 48.9 Å². The van der Waals surface area contributed by atoms with E-state index in [1.54, 1.807) is 30.3 Å². The van der Waals surface area contributed by atoms with E-state index in [1.807, 2.05) is 6.92 Å². The number of carbonyl (C=O) groups excluding carboxylic acids is 1. The van der Waals surface area contributed by atoms with Crippen LogP contribution in [0.4, 0.5) is 18.9 Å². The maximum atomic E-state index is 12.2. The Balaban J connectivity index is 1.89. The minimum absolute atomic E-state index is 0.129. The van der Waals surface area contributed by atoms with Crippen molar-refractivity contribution in [2.45, 2.75) is 19.5 Å². The Kier molecular flexibility index (Phi) is 7.71. The number of alkyl halides is 3. The van der Waals surface area contributed by atoms with Gasteiger partial charge in [0.1, 0.15) is 23.3 Å². The Bertz CT molecular complexity index is 862. The maximum absolute atomic E-state index is 12.2. The van der Waals surface area contributed by atoms with Crippen LogP contribution in [0.5, 0.6) is 17.2 Å². The Morgan fingerprint density at radius 3 is 2.31 bits per heavy atom. The number of ether oxygens (including phenoxy) is 3. The number of rotatable bonds is 9. The molecule has 0 aromatic heterocycles. The highest BCUT2D eigenvalue weighted by molar-refractivity contribution is 5.92. The average Bonchev–Trinajstić information content (AvgIpc) is 2.69. The van der Waals surface area contributed by atoms with Gasteiger partial charge >= 0.3 is 6.18 Å². The first-order valence-electron chi connectivity index (χ1n) is 8.70. The molecule has 0 saturated heterocycles. The van der Waals surface area contributed by atoms with Gasteiger partial charge in [-0.15, -0.1) is 0 Å². The number of halogens is 3. The van der Waals surface area contributed by atoms with Crippen molar-refractivity contribution in [1.82, 2.24) is 0 Å². The van der Waals surface area contributed by atoms with Crippen molar-refractivity contribution in [3.8, 4) is 23.3 Å². The fourth-order valence-electron chi connectivity index (χ4n) is 2.18. The van der Waals surface area contributed by atoms with Crippen molar-refractivity contribution in [2.24, 2.45) is 0 Å². The summed E-state index contributed by atoms with van der Waals surface area (Å²) in [6, 6.07) is 12.3. The molecule has 0 unspecified atom stereocenters. The summed E-state index contributed by atoms with van der Waals surface area (Å²) < 4.78 is 52.2. The molecule has 2 rings (SSSR count). The number of carbonyl (C=O) groups is 1. The topological polar surface area (TPSA) is 80.6 Å². The molecule has 0 aliphatic rings. The van der Waals surface area contributed by atoms with Crippen LogP contribution < -0.4 is 19.5 Å². The van der Waals surface area contributed by atoms with E-state index in [0.717, 1.165) is 6.42 Å². The van der Waals surface area contributed by atoms with Gasteiger partial charge in [-0.1, -0.05) is 6.92 Å². The highest BCUT2D eigenvalue weighted by Crippen LogP contribution is 2.25. The number of anilines is 1. The highest BCUT2D eigenvalue weighted by Gasteiger charge is 2.28. The third kappa shape index (κ3) is 7.62. The largest absolute Gasteiger partial charge is 0.494 e. The molecule has 0 radical (unpaired) electrons. The summed E-state index contributed by atoms with van der Waals surface area (Å²) in [6.07, 6.45) is -3.63. The number of hydrogen-bond acceptors (Lipinski definition) is 5. The zero-order valence-electron chi connectivity index (χ0n) is 15.6. The van der Waals surface area contributed by atoms with Crippen LogP contribution in [0.1, 0.15) is 18.9 Å². The lowest BCUT2D eigenvalue weighted by Gasteiger charge is -2.12. The van der Waals surface area contributed by atoms with Crippen LogP contribution in [0.15, 0.2) is 42.5 Å². The number of nitriles is 1. The molecule has 2 aromatic rings. The predicted octanol–water partition coefficient (Wildman–Crippen LogP) is 4.31. The summed E-state index contributed by atoms with van der Waals surface area (Å²) in [5.74, 6) is 0.451. The van der Waals surface area contributed by atoms with Crippen LogP contribution in [0.3, 0.4) is 0 Å². The minimum Gasteiger partial charge on any atom is -0.494 e. The zero-order valence-corrected chi connectivity index (χ0v) is 15.6. The van der Waals surface area contributed by atoms with Crippen molar-refractivity contribution in [1.29, 1.82) is 5.26 Å². The first kappa shape index (κ1) is 21.9. The molecule has 2 aromatic carbocycles. The smallest absolute Gasteiger partial charge is 0.422 e. The molecule has 1 amide bonds. The van der Waals surface area contributed by atoms with Gasteiger partial charge in [-0.3, -0.25) is 4.79 Å². The molecular weight excluding hydrogens is 389 g/mol. The van der Waals surface area contributed by atoms with Crippen LogP contribution in [0.2, 0.25) is 0 Å². The van der Waals surface area contributed by atoms with Crippen LogP contribution in [-0.4, -0.2) is 31.9 Å². The monoisotopic (exact) mass is 408 g/mol. The molecule has 154 valence electrons. The molecule has 0 fully saturated rings. The first-order chi connectivity index (χ1) is 13.8. The molecule has 0 aliphatic heterocycles. The van der Waals surface area contributed by atoms with Crippen molar-refractivity contribution < 1.29 is 32.2 Å². The number of nitrogens with one attached hydrogen (secondary N) is 1. The molecule has 0 bridgehead atoms. The van der Waals surface area contributed by atoms with Gasteiger partial charge in [0.25, 0.3) is 5.91 Å². The summed E-state index contributed by atoms with van der Waals surface area (Å²) >= 11 is 0. The van der Waals surface area contributed by atoms with Gasteiger partial charge < -0.3 is 19.5 Å². The first-order valence-corrected chi connectivity index (χ1v) is 8.70. The van der Waals surface area contributed by atoms with E-state index in [2.05, 4.69) is 10.1 Å². The van der Waals surface area contributed by atoms with Crippen LogP contribution in [0.25, 0.3) is 0 Å². The quantitative estimate of drug-likeness (QED) is 0.669. The zero-order chi connectivity index (χ0) is 21.3. The molecule has 6 nitrogen and oxygen atoms in total. The van der Waals surface area contributed by atoms with E-state index in [-0.39, 0.29) is 23.6 Å². The van der Waals surface area contributed by atoms with E-state index in [1.165, 1.54) is 18.2 Å². The normalized spacial score (nSPS) is 10.7. The molecule has 0 aliphatic carbocycles. The summed E-state index contributed by atoms with van der Waals surface area (Å²) in [5, 5.41) is 11.6. The fraction of sp³-hybridized carbons (Fsp3) is 0.300. The lowest BCUT2D eigenvalue weighted by Crippen LogP contribution is -2.21. The van der Waals surface area contributed by atoms with Crippen LogP contribution in [-0.2, 0) is 4.79 Å². The Hall–Kier alpha value is -3.41. The summed E-state index contributed by atoms with van der Waals surface area (Å²) in [5.41, 5.74) is 0.105. The third-order valence-corrected chi connectivity index (χ3v) is 3.44. The Labute approximate surface area is 165 Å². The fourth-order valence-corrected chi connectivity index (χ4v) is 2.18. The molecule has 0 saturated carbocycles. The molecule has 29 heavy (non-hydrogen) atoms. The van der Waals surface area contributed by atoms with E-state index in [9.17, 15) is 18.0 Å². The molecule has 9 heteroatoms. The van der Waals surface area contributed by atoms with E-state index in [0.29, 0.717) is 18.1 Å². The predicted molar refractivity (Wildman–Crippen MR) is 99.1 cm³/mol. The van der Waals surface area contributed by atoms with E-state index >= 15 is 0 Å². The summed E-state index contributed by atoms with van der Waals surface area (Å²) in [7, 11) is 0. The van der Waals surface area contributed by atoms with Gasteiger partial charge in [0.2, 0.25) is 0 Å². The molecule has 0 atom stereocenters. The second-order valence-corrected chi connectivity index (χ2v) is 5.88. The third-order valence-electron chi connectivity index (χ3n) is 3.44. The van der Waals surface area contributed by atoms with E-state index < -0.39 is 18.7 Å². The molecule has 1 N–H and O–H groups in total.